The van der Waals surface area contributed by atoms with Crippen LogP contribution in [0.25, 0.3) is 11.5 Å². The van der Waals surface area contributed by atoms with Crippen molar-refractivity contribution in [2.75, 3.05) is 12.3 Å². The molecule has 0 atom stereocenters. The average molecular weight is 285 g/mol. The lowest BCUT2D eigenvalue weighted by Crippen LogP contribution is -2.07. The monoisotopic (exact) mass is 284 g/mol. The quantitative estimate of drug-likeness (QED) is 0.877. The van der Waals surface area contributed by atoms with Gasteiger partial charge in [-0.1, -0.05) is 11.6 Å². The van der Waals surface area contributed by atoms with E-state index in [1.165, 1.54) is 12.1 Å². The van der Waals surface area contributed by atoms with E-state index in [9.17, 15) is 9.18 Å². The maximum Gasteiger partial charge on any atom is 0.362 e. The van der Waals surface area contributed by atoms with Gasteiger partial charge in [-0.15, -0.1) is 0 Å². The van der Waals surface area contributed by atoms with Gasteiger partial charge in [0.25, 0.3) is 0 Å². The van der Waals surface area contributed by atoms with Crippen molar-refractivity contribution in [3.05, 3.63) is 34.7 Å². The molecule has 1 aromatic heterocycles. The Kier molecular flexibility index (Phi) is 3.71. The van der Waals surface area contributed by atoms with Gasteiger partial charge in [-0.3, -0.25) is 0 Å². The Morgan fingerprint density at radius 2 is 2.32 bits per heavy atom. The van der Waals surface area contributed by atoms with E-state index >= 15 is 0 Å². The molecule has 2 rings (SSSR count). The number of hydrogen-bond acceptors (Lipinski definition) is 5. The zero-order valence-electron chi connectivity index (χ0n) is 9.94. The van der Waals surface area contributed by atoms with Gasteiger partial charge in [0.15, 0.2) is 0 Å². The van der Waals surface area contributed by atoms with Crippen molar-refractivity contribution in [3.8, 4) is 11.5 Å². The fourth-order valence-corrected chi connectivity index (χ4v) is 1.70. The molecule has 0 saturated heterocycles. The number of rotatable bonds is 3. The highest BCUT2D eigenvalue weighted by Crippen LogP contribution is 2.30. The Labute approximate surface area is 113 Å². The van der Waals surface area contributed by atoms with Crippen molar-refractivity contribution in [2.45, 2.75) is 6.92 Å². The first-order chi connectivity index (χ1) is 9.02. The topological polar surface area (TPSA) is 78.3 Å². The van der Waals surface area contributed by atoms with Gasteiger partial charge in [0.05, 0.1) is 17.2 Å². The third-order valence-electron chi connectivity index (χ3n) is 2.28. The van der Waals surface area contributed by atoms with Crippen molar-refractivity contribution < 1.29 is 18.3 Å². The minimum absolute atomic E-state index is 0.0329. The Morgan fingerprint density at radius 3 is 2.95 bits per heavy atom. The van der Waals surface area contributed by atoms with E-state index in [4.69, 9.17) is 26.5 Å². The third kappa shape index (κ3) is 2.68. The molecule has 0 radical (unpaired) electrons. The van der Waals surface area contributed by atoms with Gasteiger partial charge in [-0.25, -0.2) is 9.18 Å². The van der Waals surface area contributed by atoms with Gasteiger partial charge in [0.1, 0.15) is 5.82 Å². The van der Waals surface area contributed by atoms with Gasteiger partial charge >= 0.3 is 5.97 Å². The zero-order chi connectivity index (χ0) is 14.0. The summed E-state index contributed by atoms with van der Waals surface area (Å²) in [6.45, 7) is 1.85. The Morgan fingerprint density at radius 1 is 1.58 bits per heavy atom. The molecule has 0 spiro atoms. The predicted octanol–water partition coefficient (Wildman–Crippen LogP) is 2.89. The summed E-state index contributed by atoms with van der Waals surface area (Å²) < 4.78 is 22.9. The van der Waals surface area contributed by atoms with E-state index in [-0.39, 0.29) is 29.1 Å². The molecular formula is C12H10ClFN2O3. The number of oxazole rings is 1. The van der Waals surface area contributed by atoms with E-state index in [2.05, 4.69) is 4.98 Å². The molecule has 0 saturated carbocycles. The highest BCUT2D eigenvalue weighted by molar-refractivity contribution is 6.33. The van der Waals surface area contributed by atoms with Crippen LogP contribution in [0.15, 0.2) is 22.6 Å². The van der Waals surface area contributed by atoms with Crippen molar-refractivity contribution >= 4 is 23.5 Å². The first-order valence-corrected chi connectivity index (χ1v) is 5.79. The minimum atomic E-state index is -0.687. The number of nitrogens with zero attached hydrogens (tertiary/aromatic N) is 1. The van der Waals surface area contributed by atoms with Crippen LogP contribution in [0.3, 0.4) is 0 Å². The van der Waals surface area contributed by atoms with Crippen LogP contribution in [0.1, 0.15) is 17.4 Å². The molecule has 1 aromatic carbocycles. The van der Waals surface area contributed by atoms with E-state index in [1.807, 2.05) is 0 Å². The number of esters is 1. The summed E-state index contributed by atoms with van der Waals surface area (Å²) in [6, 6.07) is 3.70. The Balaban J connectivity index is 2.42. The molecule has 5 nitrogen and oxygen atoms in total. The lowest BCUT2D eigenvalue weighted by Gasteiger charge is -1.98. The lowest BCUT2D eigenvalue weighted by atomic mass is 10.2. The normalized spacial score (nSPS) is 10.5. The average Bonchev–Trinajstić information content (AvgIpc) is 2.71. The molecule has 0 aliphatic rings. The number of halogens is 2. The van der Waals surface area contributed by atoms with Crippen LogP contribution < -0.4 is 5.73 Å². The molecule has 7 heteroatoms. The molecule has 0 amide bonds. The number of benzene rings is 1. The van der Waals surface area contributed by atoms with Crippen LogP contribution in [0.4, 0.5) is 10.3 Å². The van der Waals surface area contributed by atoms with Crippen LogP contribution in [-0.4, -0.2) is 17.6 Å². The lowest BCUT2D eigenvalue weighted by molar-refractivity contribution is 0.0521. The smallest absolute Gasteiger partial charge is 0.362 e. The van der Waals surface area contributed by atoms with E-state index in [0.717, 1.165) is 6.07 Å². The van der Waals surface area contributed by atoms with Crippen LogP contribution in [-0.2, 0) is 4.74 Å². The molecule has 0 aliphatic heterocycles. The summed E-state index contributed by atoms with van der Waals surface area (Å²) in [7, 11) is 0. The molecule has 100 valence electrons. The van der Waals surface area contributed by atoms with Crippen molar-refractivity contribution in [2.24, 2.45) is 0 Å². The molecule has 19 heavy (non-hydrogen) atoms. The van der Waals surface area contributed by atoms with Crippen LogP contribution >= 0.6 is 11.6 Å². The Bertz CT molecular complexity index is 627. The third-order valence-corrected chi connectivity index (χ3v) is 2.60. The number of nitrogen functional groups attached to an aromatic ring is 1. The maximum absolute atomic E-state index is 12.9. The van der Waals surface area contributed by atoms with E-state index in [0.29, 0.717) is 5.56 Å². The molecule has 2 aromatic rings. The summed E-state index contributed by atoms with van der Waals surface area (Å²) in [5.74, 6) is -1.31. The number of carbonyl (C=O) groups is 1. The van der Waals surface area contributed by atoms with Gasteiger partial charge < -0.3 is 14.9 Å². The molecule has 1 heterocycles. The van der Waals surface area contributed by atoms with Gasteiger partial charge in [-0.05, 0) is 25.1 Å². The number of nitrogens with two attached hydrogens (primary N) is 1. The predicted molar refractivity (Wildman–Crippen MR) is 67.3 cm³/mol. The van der Waals surface area contributed by atoms with Crippen LogP contribution in [0.5, 0.6) is 0 Å². The Hall–Kier alpha value is -2.08. The molecule has 0 unspecified atom stereocenters. The highest BCUT2D eigenvalue weighted by Gasteiger charge is 2.21. The number of hydrogen-bond donors (Lipinski definition) is 1. The second kappa shape index (κ2) is 5.27. The van der Waals surface area contributed by atoms with Crippen molar-refractivity contribution in [3.63, 3.8) is 0 Å². The molecular weight excluding hydrogens is 275 g/mol. The molecule has 2 N–H and O–H groups in total. The second-order valence-corrected chi connectivity index (χ2v) is 3.98. The molecule has 0 aliphatic carbocycles. The summed E-state index contributed by atoms with van der Waals surface area (Å²) in [5, 5.41) is 0.108. The number of ether oxygens (including phenoxy) is 1. The standard InChI is InChI=1S/C12H10ClFN2O3/c1-2-18-12(17)9-10(15)19-11(16-9)7-4-3-6(14)5-8(7)13/h3-5H,2,15H2,1H3. The number of anilines is 1. The fraction of sp³-hybridized carbons (Fsp3) is 0.167. The van der Waals surface area contributed by atoms with E-state index in [1.54, 1.807) is 6.92 Å². The summed E-state index contributed by atoms with van der Waals surface area (Å²) in [5.41, 5.74) is 5.75. The van der Waals surface area contributed by atoms with E-state index < -0.39 is 11.8 Å². The highest BCUT2D eigenvalue weighted by atomic mass is 35.5. The van der Waals surface area contributed by atoms with Crippen LogP contribution in [0, 0.1) is 5.82 Å². The zero-order valence-corrected chi connectivity index (χ0v) is 10.7. The number of aromatic nitrogens is 1. The fourth-order valence-electron chi connectivity index (χ4n) is 1.46. The van der Waals surface area contributed by atoms with Gasteiger partial charge in [0, 0.05) is 0 Å². The van der Waals surface area contributed by atoms with Gasteiger partial charge in [-0.2, -0.15) is 4.98 Å². The first-order valence-electron chi connectivity index (χ1n) is 5.41. The molecule has 0 bridgehead atoms. The SMILES string of the molecule is CCOC(=O)c1nc(-c2ccc(F)cc2Cl)oc1N. The minimum Gasteiger partial charge on any atom is -0.461 e. The maximum atomic E-state index is 12.9. The summed E-state index contributed by atoms with van der Waals surface area (Å²) in [6.07, 6.45) is 0. The largest absolute Gasteiger partial charge is 0.461 e. The number of carbonyl (C=O) groups excluding carboxylic acids is 1. The van der Waals surface area contributed by atoms with Crippen LogP contribution in [0.2, 0.25) is 5.02 Å². The summed E-state index contributed by atoms with van der Waals surface area (Å²) >= 11 is 5.87. The summed E-state index contributed by atoms with van der Waals surface area (Å²) in [4.78, 5) is 15.4. The van der Waals surface area contributed by atoms with Crippen molar-refractivity contribution in [1.82, 2.24) is 4.98 Å². The first kappa shape index (κ1) is 13.4. The van der Waals surface area contributed by atoms with Crippen molar-refractivity contribution in [1.29, 1.82) is 0 Å². The second-order valence-electron chi connectivity index (χ2n) is 3.58. The van der Waals surface area contributed by atoms with Gasteiger partial charge in [0.2, 0.25) is 17.5 Å². The molecule has 0 fully saturated rings.